The van der Waals surface area contributed by atoms with E-state index in [2.05, 4.69) is 15.5 Å². The van der Waals surface area contributed by atoms with E-state index in [0.29, 0.717) is 0 Å². The fourth-order valence-corrected chi connectivity index (χ4v) is 2.83. The zero-order valence-electron chi connectivity index (χ0n) is 12.9. The van der Waals surface area contributed by atoms with Crippen LogP contribution in [-0.2, 0) is 0 Å². The van der Waals surface area contributed by atoms with Crippen LogP contribution in [-0.4, -0.2) is 22.3 Å². The van der Waals surface area contributed by atoms with Crippen molar-refractivity contribution in [2.24, 2.45) is 5.10 Å². The second-order valence-corrected chi connectivity index (χ2v) is 6.03. The third-order valence-electron chi connectivity index (χ3n) is 3.32. The van der Waals surface area contributed by atoms with E-state index >= 15 is 0 Å². The normalized spacial score (nSPS) is 10.9. The standard InChI is InChI=1S/C18H15N3O2S/c1-12-11-24-18(20-12)21-19-10-13-4-2-5-14(8-13)15-6-3-7-16(9-15)17(22)23/h2-11H,1H3,(H,20,21)(H,22,23). The fraction of sp³-hybridized carbons (Fsp3) is 0.0556. The van der Waals surface area contributed by atoms with Gasteiger partial charge in [-0.05, 0) is 41.8 Å². The highest BCUT2D eigenvalue weighted by atomic mass is 32.1. The highest BCUT2D eigenvalue weighted by Crippen LogP contribution is 2.21. The predicted molar refractivity (Wildman–Crippen MR) is 96.9 cm³/mol. The third-order valence-corrected chi connectivity index (χ3v) is 4.19. The summed E-state index contributed by atoms with van der Waals surface area (Å²) in [6, 6.07) is 14.6. The van der Waals surface area contributed by atoms with Gasteiger partial charge >= 0.3 is 5.97 Å². The Labute approximate surface area is 143 Å². The number of thiazole rings is 1. The smallest absolute Gasteiger partial charge is 0.335 e. The zero-order chi connectivity index (χ0) is 16.9. The van der Waals surface area contributed by atoms with Crippen molar-refractivity contribution < 1.29 is 9.90 Å². The van der Waals surface area contributed by atoms with Gasteiger partial charge in [0.15, 0.2) is 0 Å². The highest BCUT2D eigenvalue weighted by Gasteiger charge is 2.05. The monoisotopic (exact) mass is 337 g/mol. The van der Waals surface area contributed by atoms with Crippen LogP contribution in [0.1, 0.15) is 21.6 Å². The van der Waals surface area contributed by atoms with Gasteiger partial charge in [-0.1, -0.05) is 30.3 Å². The van der Waals surface area contributed by atoms with Crippen molar-refractivity contribution in [2.75, 3.05) is 5.43 Å². The highest BCUT2D eigenvalue weighted by molar-refractivity contribution is 7.13. The summed E-state index contributed by atoms with van der Waals surface area (Å²) in [6.45, 7) is 1.93. The molecule has 0 unspecified atom stereocenters. The lowest BCUT2D eigenvalue weighted by Crippen LogP contribution is -1.96. The zero-order valence-corrected chi connectivity index (χ0v) is 13.7. The number of carbonyl (C=O) groups is 1. The minimum atomic E-state index is -0.933. The number of hydrogen-bond donors (Lipinski definition) is 2. The maximum absolute atomic E-state index is 11.1. The SMILES string of the molecule is Cc1csc(NN=Cc2cccc(-c3cccc(C(=O)O)c3)c2)n1. The van der Waals surface area contributed by atoms with E-state index in [-0.39, 0.29) is 5.56 Å². The van der Waals surface area contributed by atoms with Crippen molar-refractivity contribution in [3.8, 4) is 11.1 Å². The van der Waals surface area contributed by atoms with E-state index in [4.69, 9.17) is 5.11 Å². The molecule has 120 valence electrons. The number of rotatable bonds is 5. The van der Waals surface area contributed by atoms with Gasteiger partial charge < -0.3 is 5.11 Å². The van der Waals surface area contributed by atoms with Gasteiger partial charge in [0.05, 0.1) is 17.5 Å². The molecule has 0 aliphatic heterocycles. The van der Waals surface area contributed by atoms with E-state index in [1.165, 1.54) is 11.3 Å². The Morgan fingerprint density at radius 1 is 1.21 bits per heavy atom. The molecule has 0 aliphatic carbocycles. The van der Waals surface area contributed by atoms with Crippen LogP contribution in [0.3, 0.4) is 0 Å². The van der Waals surface area contributed by atoms with Crippen molar-refractivity contribution in [3.05, 3.63) is 70.7 Å². The lowest BCUT2D eigenvalue weighted by atomic mass is 10.0. The Hall–Kier alpha value is -2.99. The van der Waals surface area contributed by atoms with Gasteiger partial charge in [-0.25, -0.2) is 9.78 Å². The van der Waals surface area contributed by atoms with Crippen LogP contribution in [0.15, 0.2) is 59.0 Å². The summed E-state index contributed by atoms with van der Waals surface area (Å²) in [4.78, 5) is 15.4. The predicted octanol–water partition coefficient (Wildman–Crippen LogP) is 4.26. The molecular formula is C18H15N3O2S. The summed E-state index contributed by atoms with van der Waals surface area (Å²) < 4.78 is 0. The quantitative estimate of drug-likeness (QED) is 0.539. The number of aromatic carboxylic acids is 1. The molecule has 0 radical (unpaired) electrons. The Morgan fingerprint density at radius 3 is 2.67 bits per heavy atom. The molecule has 0 saturated carbocycles. The second kappa shape index (κ2) is 7.06. The molecule has 0 fully saturated rings. The number of nitrogens with zero attached hydrogens (tertiary/aromatic N) is 2. The third kappa shape index (κ3) is 3.85. The lowest BCUT2D eigenvalue weighted by Gasteiger charge is -2.04. The van der Waals surface area contributed by atoms with E-state index in [1.54, 1.807) is 24.4 Å². The van der Waals surface area contributed by atoms with Crippen LogP contribution in [0.4, 0.5) is 5.13 Å². The van der Waals surface area contributed by atoms with Gasteiger partial charge in [-0.15, -0.1) is 11.3 Å². The maximum Gasteiger partial charge on any atom is 0.335 e. The number of carboxylic acid groups (broad SMARTS) is 1. The van der Waals surface area contributed by atoms with E-state index in [9.17, 15) is 4.79 Å². The van der Waals surface area contributed by atoms with Crippen molar-refractivity contribution in [2.45, 2.75) is 6.92 Å². The Balaban J connectivity index is 1.79. The van der Waals surface area contributed by atoms with Gasteiger partial charge in [0.25, 0.3) is 0 Å². The lowest BCUT2D eigenvalue weighted by molar-refractivity contribution is 0.0697. The average Bonchev–Trinajstić information content (AvgIpc) is 3.00. The first kappa shape index (κ1) is 15.9. The number of anilines is 1. The van der Waals surface area contributed by atoms with Gasteiger partial charge in [-0.3, -0.25) is 5.43 Å². The Kier molecular flexibility index (Phi) is 4.67. The molecule has 2 N–H and O–H groups in total. The van der Waals surface area contributed by atoms with Gasteiger partial charge in [0.1, 0.15) is 0 Å². The summed E-state index contributed by atoms with van der Waals surface area (Å²) >= 11 is 1.50. The van der Waals surface area contributed by atoms with Crippen molar-refractivity contribution in [1.29, 1.82) is 0 Å². The summed E-state index contributed by atoms with van der Waals surface area (Å²) in [6.07, 6.45) is 1.71. The first-order chi connectivity index (χ1) is 11.6. The Bertz CT molecular complexity index is 903. The summed E-state index contributed by atoms with van der Waals surface area (Å²) in [5.74, 6) is -0.933. The van der Waals surface area contributed by atoms with Gasteiger partial charge in [0, 0.05) is 5.38 Å². The topological polar surface area (TPSA) is 74.6 Å². The van der Waals surface area contributed by atoms with E-state index in [0.717, 1.165) is 27.5 Å². The van der Waals surface area contributed by atoms with Crippen molar-refractivity contribution in [1.82, 2.24) is 4.98 Å². The number of aryl methyl sites for hydroxylation is 1. The minimum absolute atomic E-state index is 0.271. The van der Waals surface area contributed by atoms with Crippen LogP contribution >= 0.6 is 11.3 Å². The molecule has 1 aromatic heterocycles. The van der Waals surface area contributed by atoms with Crippen LogP contribution in [0.25, 0.3) is 11.1 Å². The molecule has 0 amide bonds. The molecule has 1 heterocycles. The summed E-state index contributed by atoms with van der Waals surface area (Å²) in [7, 11) is 0. The molecule has 3 rings (SSSR count). The largest absolute Gasteiger partial charge is 0.478 e. The van der Waals surface area contributed by atoms with Crippen molar-refractivity contribution >= 4 is 28.7 Å². The molecule has 24 heavy (non-hydrogen) atoms. The molecule has 5 nitrogen and oxygen atoms in total. The maximum atomic E-state index is 11.1. The molecule has 0 aliphatic rings. The molecule has 0 atom stereocenters. The second-order valence-electron chi connectivity index (χ2n) is 5.18. The molecule has 3 aromatic rings. The van der Waals surface area contributed by atoms with Crippen LogP contribution in [0, 0.1) is 6.92 Å². The van der Waals surface area contributed by atoms with Crippen LogP contribution < -0.4 is 5.43 Å². The van der Waals surface area contributed by atoms with Gasteiger partial charge in [-0.2, -0.15) is 5.10 Å². The number of hydrogen-bond acceptors (Lipinski definition) is 5. The summed E-state index contributed by atoms with van der Waals surface area (Å²) in [5.41, 5.74) is 6.83. The first-order valence-electron chi connectivity index (χ1n) is 7.27. The minimum Gasteiger partial charge on any atom is -0.478 e. The number of hydrazone groups is 1. The number of carboxylic acids is 1. The average molecular weight is 337 g/mol. The van der Waals surface area contributed by atoms with E-state index in [1.807, 2.05) is 42.6 Å². The molecule has 2 aromatic carbocycles. The van der Waals surface area contributed by atoms with Crippen molar-refractivity contribution in [3.63, 3.8) is 0 Å². The fourth-order valence-electron chi connectivity index (χ4n) is 2.20. The van der Waals surface area contributed by atoms with Crippen LogP contribution in [0.2, 0.25) is 0 Å². The molecule has 6 heteroatoms. The first-order valence-corrected chi connectivity index (χ1v) is 8.15. The number of nitrogens with one attached hydrogen (secondary N) is 1. The Morgan fingerprint density at radius 2 is 1.96 bits per heavy atom. The molecule has 0 bridgehead atoms. The van der Waals surface area contributed by atoms with Gasteiger partial charge in [0.2, 0.25) is 5.13 Å². The number of aromatic nitrogens is 1. The molecule has 0 spiro atoms. The van der Waals surface area contributed by atoms with E-state index < -0.39 is 5.97 Å². The molecule has 0 saturated heterocycles. The summed E-state index contributed by atoms with van der Waals surface area (Å²) in [5, 5.41) is 16.0. The number of benzene rings is 2. The molecular weight excluding hydrogens is 322 g/mol. The van der Waals surface area contributed by atoms with Crippen LogP contribution in [0.5, 0.6) is 0 Å².